The highest BCUT2D eigenvalue weighted by molar-refractivity contribution is 6.30. The first-order valence-electron chi connectivity index (χ1n) is 28.2. The number of esters is 1. The number of rotatable bonds is 12. The Bertz CT molecular complexity index is 3930. The van der Waals surface area contributed by atoms with Crippen LogP contribution in [0.1, 0.15) is 113 Å². The summed E-state index contributed by atoms with van der Waals surface area (Å²) in [6, 6.07) is 57.4. The number of nitrogens with zero attached hydrogens (tertiary/aromatic N) is 1. The smallest absolute Gasteiger partial charge is 0.305 e. The number of aliphatic hydroxyl groups excluding tert-OH is 1. The second-order valence-electron chi connectivity index (χ2n) is 22.5. The van der Waals surface area contributed by atoms with Crippen LogP contribution in [-0.2, 0) is 16.0 Å². The van der Waals surface area contributed by atoms with Crippen LogP contribution >= 0.6 is 0 Å². The van der Waals surface area contributed by atoms with Gasteiger partial charge < -0.3 is 35.2 Å². The first-order chi connectivity index (χ1) is 38.7. The fourth-order valence-corrected chi connectivity index (χ4v) is 14.3. The van der Waals surface area contributed by atoms with E-state index in [0.29, 0.717) is 48.6 Å². The van der Waals surface area contributed by atoms with Crippen molar-refractivity contribution in [1.29, 1.82) is 0 Å². The Morgan fingerprint density at radius 2 is 1.30 bits per heavy atom. The number of aromatic hydroxyl groups is 1. The van der Waals surface area contributed by atoms with E-state index in [1.165, 1.54) is 11.1 Å². The average Bonchev–Trinajstić information content (AvgIpc) is 4.57. The van der Waals surface area contributed by atoms with Gasteiger partial charge in [-0.1, -0.05) is 122 Å². The van der Waals surface area contributed by atoms with Gasteiger partial charge >= 0.3 is 5.97 Å². The quantitative estimate of drug-likeness (QED) is 0.0532. The molecule has 0 radical (unpaired) electrons. The normalized spacial score (nSPS) is 25.7. The van der Waals surface area contributed by atoms with Gasteiger partial charge in [-0.15, -0.1) is 0 Å². The molecule has 3 aliphatic carbocycles. The highest BCUT2D eigenvalue weighted by Gasteiger charge is 2.57. The van der Waals surface area contributed by atoms with Crippen LogP contribution in [0.15, 0.2) is 187 Å². The van der Waals surface area contributed by atoms with Gasteiger partial charge in [0.1, 0.15) is 5.75 Å². The number of amides is 1. The lowest BCUT2D eigenvalue weighted by molar-refractivity contribution is -0.144. The molecule has 4 unspecified atom stereocenters. The average molecular weight is 1040 g/mol. The summed E-state index contributed by atoms with van der Waals surface area (Å²) < 4.78 is 5.87. The van der Waals surface area contributed by atoms with Crippen molar-refractivity contribution in [2.75, 3.05) is 13.2 Å². The molecule has 0 spiro atoms. The number of carbonyl (C=O) groups excluding carboxylic acids is 2. The van der Waals surface area contributed by atoms with Gasteiger partial charge in [0, 0.05) is 73.6 Å². The molecule has 10 heteroatoms. The number of nitrogens with one attached hydrogen (secondary N) is 4. The molecule has 2 saturated carbocycles. The highest BCUT2D eigenvalue weighted by atomic mass is 16.5. The molecule has 5 aromatic carbocycles. The van der Waals surface area contributed by atoms with E-state index in [9.17, 15) is 19.8 Å². The molecule has 2 fully saturated rings. The number of aryl methyl sites for hydroxylation is 1. The number of aliphatic imine (C=N–C) groups is 1. The van der Waals surface area contributed by atoms with Gasteiger partial charge in [-0.25, -0.2) is 0 Å². The van der Waals surface area contributed by atoms with Crippen molar-refractivity contribution >= 4 is 39.9 Å². The Kier molecular flexibility index (Phi) is 13.3. The Morgan fingerprint density at radius 1 is 0.684 bits per heavy atom. The minimum atomic E-state index is -0.361. The zero-order valence-electron chi connectivity index (χ0n) is 44.4. The van der Waals surface area contributed by atoms with Gasteiger partial charge in [-0.05, 0) is 174 Å². The molecule has 3 aromatic heterocycles. The Balaban J connectivity index is 0.752. The van der Waals surface area contributed by atoms with E-state index in [1.54, 1.807) is 6.07 Å². The molecule has 7 atom stereocenters. The van der Waals surface area contributed by atoms with Crippen LogP contribution in [0.2, 0.25) is 0 Å². The van der Waals surface area contributed by atoms with Crippen molar-refractivity contribution in [2.45, 2.75) is 76.4 Å². The van der Waals surface area contributed by atoms with Crippen LogP contribution in [0.3, 0.4) is 0 Å². The molecule has 5 aliphatic rings. The van der Waals surface area contributed by atoms with Crippen LogP contribution < -0.4 is 26.7 Å². The fourth-order valence-electron chi connectivity index (χ4n) is 14.3. The van der Waals surface area contributed by atoms with Crippen LogP contribution in [0, 0.1) is 23.2 Å². The number of phenolic OH excluding ortho intramolecular Hbond substituents is 1. The number of hydrogen-bond acceptors (Lipinski definition) is 6. The number of phenols is 1. The summed E-state index contributed by atoms with van der Waals surface area (Å²) >= 11 is 0. The third-order valence-electron chi connectivity index (χ3n) is 18.0. The molecule has 79 heavy (non-hydrogen) atoms. The largest absolute Gasteiger partial charge is 0.508 e. The van der Waals surface area contributed by atoms with Crippen molar-refractivity contribution in [3.63, 3.8) is 0 Å². The molecular weight excluding hydrogens is 979 g/mol. The van der Waals surface area contributed by atoms with Crippen LogP contribution in [0.25, 0.3) is 22.3 Å². The summed E-state index contributed by atoms with van der Waals surface area (Å²) in [5.74, 6) is 1.33. The van der Waals surface area contributed by atoms with Crippen LogP contribution in [0.4, 0.5) is 0 Å². The first kappa shape index (κ1) is 50.1. The lowest BCUT2D eigenvalue weighted by Gasteiger charge is -2.54. The monoisotopic (exact) mass is 1040 g/mol. The predicted octanol–water partition coefficient (Wildman–Crippen LogP) is 9.25. The number of aromatic nitrogens is 3. The molecule has 1 amide bonds. The van der Waals surface area contributed by atoms with E-state index in [1.807, 2.05) is 48.5 Å². The Hall–Kier alpha value is -8.47. The van der Waals surface area contributed by atoms with Crippen molar-refractivity contribution in [3.05, 3.63) is 254 Å². The van der Waals surface area contributed by atoms with Gasteiger partial charge in [-0.2, -0.15) is 0 Å². The number of carbonyl (C=O) groups is 2. The number of aliphatic hydroxyl groups is 1. The second kappa shape index (κ2) is 21.1. The summed E-state index contributed by atoms with van der Waals surface area (Å²) in [7, 11) is 0. The number of H-pyrrole nitrogens is 3. The molecule has 0 saturated heterocycles. The number of ether oxygens (including phenoxy) is 1. The number of benzene rings is 5. The predicted molar refractivity (Wildman–Crippen MR) is 310 cm³/mol. The molecular formula is C69H65N5O5. The minimum Gasteiger partial charge on any atom is -0.508 e. The molecule has 6 N–H and O–H groups in total. The van der Waals surface area contributed by atoms with E-state index in [2.05, 4.69) is 155 Å². The first-order valence-corrected chi connectivity index (χ1v) is 28.2. The minimum absolute atomic E-state index is 0.138. The third kappa shape index (κ3) is 9.52. The van der Waals surface area contributed by atoms with E-state index in [0.717, 1.165) is 122 Å². The molecule has 10 nitrogen and oxygen atoms in total. The third-order valence-corrected chi connectivity index (χ3v) is 18.0. The van der Waals surface area contributed by atoms with Crippen LogP contribution in [-0.4, -0.2) is 68.1 Å². The van der Waals surface area contributed by atoms with Gasteiger partial charge in [0.05, 0.1) is 24.5 Å². The second-order valence-corrected chi connectivity index (χ2v) is 22.5. The van der Waals surface area contributed by atoms with Crippen molar-refractivity contribution in [2.24, 2.45) is 28.2 Å². The molecule has 13 rings (SSSR count). The van der Waals surface area contributed by atoms with E-state index in [4.69, 9.17) is 9.73 Å². The van der Waals surface area contributed by atoms with Crippen molar-refractivity contribution < 1.29 is 24.5 Å². The maximum atomic E-state index is 13.7. The number of allylic oxidation sites excluding steroid dienone is 1. The zero-order chi connectivity index (χ0) is 53.6. The molecule has 396 valence electrons. The Labute approximate surface area is 459 Å². The topological polar surface area (TPSA) is 156 Å². The van der Waals surface area contributed by atoms with Crippen molar-refractivity contribution in [1.82, 2.24) is 20.3 Å². The van der Waals surface area contributed by atoms with Crippen molar-refractivity contribution in [3.8, 4) is 5.75 Å². The van der Waals surface area contributed by atoms with Gasteiger partial charge in [0.25, 0.3) is 5.91 Å². The summed E-state index contributed by atoms with van der Waals surface area (Å²) in [5.41, 5.74) is 13.9. The van der Waals surface area contributed by atoms with E-state index in [-0.39, 0.29) is 41.8 Å². The standard InChI is InChI=1S/C69H65N5O5/c1-69-41-48(63-50-26-24-49(75)40-47(50)23-25-51(63)52(69)27-36-61(69)76)37-39-79-62(77)18-11-38-70-68(78)46-21-19-45(20-22-46)67-59-34-32-57(73-59)65(43-14-7-3-8-15-43)55-30-28-53(71-55)64(42-12-5-2-6-13-42)54-29-31-56(72-54)66(44-16-9-4-10-17-44)58-33-35-60(67)74-58/h2-10,12-17,19-22,24,26,28-35,40,48,51-52,59,61,63,71-72,74-76H,11,18,23,25,27,36-39,41H2,1H3,(H,70,78)/b64-53-,65-55-,66-58-,67-60-/t48-,51?,52?,59?,61-,63?,69-/m0/s1. The van der Waals surface area contributed by atoms with E-state index >= 15 is 0 Å². The van der Waals surface area contributed by atoms with Gasteiger partial charge in [-0.3, -0.25) is 14.6 Å². The molecule has 5 heterocycles. The summed E-state index contributed by atoms with van der Waals surface area (Å²) in [4.78, 5) is 43.9. The van der Waals surface area contributed by atoms with Crippen LogP contribution in [0.5, 0.6) is 5.75 Å². The summed E-state index contributed by atoms with van der Waals surface area (Å²) in [6.07, 6.45) is 10.1. The number of aromatic amines is 3. The lowest BCUT2D eigenvalue weighted by Crippen LogP contribution is -2.48. The lowest BCUT2D eigenvalue weighted by atomic mass is 9.51. The highest BCUT2D eigenvalue weighted by Crippen LogP contribution is 2.63. The SMILES string of the molecule is C[C@]12C[C@H](CCOC(=O)CCCNC(=O)c3ccc(/C4=c5\cc/c([nH]5)=C(\c5ccccc5)c5ccc([nH]5)/C(c5ccccc5)=c5/cc/c([nH]5)=C(\c5ccccc5)C5=NC4C=C5)cc3)C3c4ccc(O)cc4CCC3C1CC[C@@H]2O. The number of hydrogen-bond donors (Lipinski definition) is 6. The van der Waals surface area contributed by atoms with Gasteiger partial charge in [0.2, 0.25) is 0 Å². The molecule has 2 aliphatic heterocycles. The van der Waals surface area contributed by atoms with Gasteiger partial charge in [0.15, 0.2) is 0 Å². The fraction of sp³-hybridized carbons (Fsp3) is 0.261. The molecule has 8 bridgehead atoms. The number of fused-ring (bicyclic) bond motifs is 12. The summed E-state index contributed by atoms with van der Waals surface area (Å²) in [6.45, 7) is 2.91. The zero-order valence-corrected chi connectivity index (χ0v) is 44.4. The maximum Gasteiger partial charge on any atom is 0.305 e. The Morgan fingerprint density at radius 3 is 1.97 bits per heavy atom. The maximum absolute atomic E-state index is 13.7. The van der Waals surface area contributed by atoms with E-state index < -0.39 is 0 Å². The summed E-state index contributed by atoms with van der Waals surface area (Å²) in [5, 5.41) is 28.3. The molecule has 8 aromatic rings.